The molecule has 0 aliphatic carbocycles. The number of aromatic amines is 1. The highest BCUT2D eigenvalue weighted by atomic mass is 32.2. The Labute approximate surface area is 294 Å². The number of furan rings is 1. The molecular weight excluding hydrogens is 733 g/mol. The van der Waals surface area contributed by atoms with Gasteiger partial charge in [0.25, 0.3) is 17.4 Å². The largest absolute Gasteiger partial charge is 0.477 e. The topological polar surface area (TPSA) is 308 Å². The number of aromatic nitrogens is 6. The van der Waals surface area contributed by atoms with Crippen LogP contribution in [0.5, 0.6) is 0 Å². The Kier molecular flexibility index (Phi) is 9.56. The summed E-state index contributed by atoms with van der Waals surface area (Å²) < 4.78 is 29.9. The molecule has 21 nitrogen and oxygen atoms in total. The molecule has 0 saturated carbocycles. The van der Waals surface area contributed by atoms with E-state index in [-0.39, 0.29) is 33.8 Å². The summed E-state index contributed by atoms with van der Waals surface area (Å²) in [6.45, 7) is 0. The summed E-state index contributed by atoms with van der Waals surface area (Å²) in [7, 11) is -2.31. The third-order valence-corrected chi connectivity index (χ3v) is 10.9. The number of amides is 4. The Hall–Kier alpha value is -5.72. The first-order chi connectivity index (χ1) is 24.2. The number of urea groups is 1. The number of fused-ring (bicyclic) bond motifs is 1. The molecule has 1 saturated heterocycles. The highest BCUT2D eigenvalue weighted by molar-refractivity contribution is 8.01. The van der Waals surface area contributed by atoms with E-state index in [9.17, 15) is 37.5 Å². The third kappa shape index (κ3) is 7.01. The average molecular weight is 759 g/mol. The Morgan fingerprint density at radius 3 is 2.57 bits per heavy atom. The predicted octanol–water partition coefficient (Wildman–Crippen LogP) is -0.565. The van der Waals surface area contributed by atoms with Crippen molar-refractivity contribution in [3.05, 3.63) is 76.2 Å². The van der Waals surface area contributed by atoms with Crippen LogP contribution in [-0.2, 0) is 31.5 Å². The summed E-state index contributed by atoms with van der Waals surface area (Å²) in [5, 5.41) is 31.3. The van der Waals surface area contributed by atoms with Crippen LogP contribution in [0.15, 0.2) is 79.4 Å². The summed E-state index contributed by atoms with van der Waals surface area (Å²) in [4.78, 5) is 73.8. The van der Waals surface area contributed by atoms with Gasteiger partial charge in [-0.25, -0.2) is 32.8 Å². The number of nitrogens with zero attached hydrogens (tertiary/aromatic N) is 7. The number of carbonyl (C=O) groups is 4. The average Bonchev–Trinajstić information content (AvgIpc) is 3.76. The number of carboxylic acid groups (broad SMARTS) is 1. The van der Waals surface area contributed by atoms with Crippen molar-refractivity contribution < 1.29 is 37.1 Å². The molecule has 0 spiro atoms. The number of carbonyl (C=O) groups excluding carboxylic acids is 3. The molecule has 266 valence electrons. The molecular formula is C27H26N12O9S3. The predicted molar refractivity (Wildman–Crippen MR) is 179 cm³/mol. The Morgan fingerprint density at radius 1 is 1.24 bits per heavy atom. The van der Waals surface area contributed by atoms with E-state index in [1.54, 1.807) is 7.05 Å². The van der Waals surface area contributed by atoms with Crippen molar-refractivity contribution in [2.75, 3.05) is 21.7 Å². The standard InChI is InChI=1S/C27H26N12O9S3/c1-37-27(34-35-36-37)50-11-12-10-49-23-17(22(42)39(23)18(12)24(43)44)32-21(41)19(16-3-2-8-48-16)38(25(28)45)15-9-30-26(33-20(15)40)31-13-4-6-14(7-5-13)51(29,46)47/h2-9,17,19,23H,10-11H2,1H3,(H2,28,45)(H,32,41)(H,43,44)(H2,29,46,47)(H2,30,31,33,40)/t17?,19?,23-/m0/s1. The Balaban J connectivity index is 1.22. The van der Waals surface area contributed by atoms with Crippen molar-refractivity contribution in [1.29, 1.82) is 0 Å². The molecule has 51 heavy (non-hydrogen) atoms. The Morgan fingerprint density at radius 2 is 1.98 bits per heavy atom. The van der Waals surface area contributed by atoms with Crippen molar-refractivity contribution in [3.63, 3.8) is 0 Å². The number of rotatable bonds is 12. The summed E-state index contributed by atoms with van der Waals surface area (Å²) in [6, 6.07) is 3.85. The van der Waals surface area contributed by atoms with Gasteiger partial charge in [0.2, 0.25) is 21.1 Å². The maximum absolute atomic E-state index is 13.9. The van der Waals surface area contributed by atoms with Crippen LogP contribution in [0.4, 0.5) is 22.1 Å². The van der Waals surface area contributed by atoms with E-state index in [1.807, 2.05) is 0 Å². The normalized spacial score (nSPS) is 17.7. The summed E-state index contributed by atoms with van der Waals surface area (Å²) >= 11 is 2.42. The molecule has 2 unspecified atom stereocenters. The van der Waals surface area contributed by atoms with Crippen molar-refractivity contribution in [1.82, 2.24) is 40.4 Å². The number of aryl methyl sites for hydroxylation is 1. The number of hydrogen-bond donors (Lipinski definition) is 6. The molecule has 3 aromatic heterocycles. The molecule has 8 N–H and O–H groups in total. The summed E-state index contributed by atoms with van der Waals surface area (Å²) in [5.74, 6) is -2.83. The molecule has 24 heteroatoms. The second-order valence-electron chi connectivity index (χ2n) is 10.8. The van der Waals surface area contributed by atoms with Crippen LogP contribution in [0, 0.1) is 0 Å². The second-order valence-corrected chi connectivity index (χ2v) is 14.4. The number of sulfonamides is 1. The minimum Gasteiger partial charge on any atom is -0.477 e. The highest BCUT2D eigenvalue weighted by Gasteiger charge is 2.55. The van der Waals surface area contributed by atoms with Gasteiger partial charge in [0, 0.05) is 24.2 Å². The van der Waals surface area contributed by atoms with Gasteiger partial charge in [-0.2, -0.15) is 0 Å². The SMILES string of the molecule is Cn1nnnc1SCC1=C(C(=O)O)N2C(=O)C(NC(=O)C(c3ccco3)N(C(N)=O)c3cnc(Nc4ccc(S(N)(=O)=O)cc4)[nH]c3=O)[C@@H]2SC1. The lowest BCUT2D eigenvalue weighted by Crippen LogP contribution is -2.71. The van der Waals surface area contributed by atoms with Crippen LogP contribution < -0.4 is 32.0 Å². The van der Waals surface area contributed by atoms with Gasteiger partial charge in [-0.1, -0.05) is 11.8 Å². The number of anilines is 3. The van der Waals surface area contributed by atoms with E-state index in [4.69, 9.17) is 15.3 Å². The first kappa shape index (κ1) is 35.1. The molecule has 2 aliphatic rings. The number of primary sulfonamides is 1. The van der Waals surface area contributed by atoms with Gasteiger partial charge in [0.15, 0.2) is 6.04 Å². The lowest BCUT2D eigenvalue weighted by Gasteiger charge is -2.49. The number of benzene rings is 1. The monoisotopic (exact) mass is 758 g/mol. The fourth-order valence-electron chi connectivity index (χ4n) is 5.22. The molecule has 4 amide bonds. The lowest BCUT2D eigenvalue weighted by atomic mass is 10.0. The molecule has 1 fully saturated rings. The van der Waals surface area contributed by atoms with Crippen LogP contribution in [0.3, 0.4) is 0 Å². The molecule has 2 aliphatic heterocycles. The zero-order valence-corrected chi connectivity index (χ0v) is 28.4. The van der Waals surface area contributed by atoms with Crippen LogP contribution >= 0.6 is 23.5 Å². The summed E-state index contributed by atoms with van der Waals surface area (Å²) in [6.07, 6.45) is 2.20. The zero-order chi connectivity index (χ0) is 36.6. The van der Waals surface area contributed by atoms with E-state index in [1.165, 1.54) is 70.9 Å². The van der Waals surface area contributed by atoms with Crippen molar-refractivity contribution >= 4 is 74.7 Å². The maximum atomic E-state index is 13.9. The second kappa shape index (κ2) is 13.9. The molecule has 3 atom stereocenters. The molecule has 5 heterocycles. The number of tetrazole rings is 1. The van der Waals surface area contributed by atoms with Crippen LogP contribution in [-0.4, -0.2) is 95.3 Å². The van der Waals surface area contributed by atoms with Crippen LogP contribution in [0.25, 0.3) is 0 Å². The number of thioether (sulfide) groups is 2. The minimum absolute atomic E-state index is 0.113. The fraction of sp³-hybridized carbons (Fsp3) is 0.222. The molecule has 1 aromatic carbocycles. The van der Waals surface area contributed by atoms with Gasteiger partial charge in [-0.05, 0) is 52.4 Å². The van der Waals surface area contributed by atoms with Gasteiger partial charge in [0.05, 0.1) is 17.4 Å². The molecule has 0 radical (unpaired) electrons. The first-order valence-corrected chi connectivity index (χ1v) is 18.0. The van der Waals surface area contributed by atoms with Crippen LogP contribution in [0.1, 0.15) is 11.8 Å². The number of aliphatic carboxylic acids is 1. The maximum Gasteiger partial charge on any atom is 0.352 e. The van der Waals surface area contributed by atoms with Crippen molar-refractivity contribution in [3.8, 4) is 0 Å². The van der Waals surface area contributed by atoms with Gasteiger partial charge < -0.3 is 25.9 Å². The van der Waals surface area contributed by atoms with E-state index in [0.717, 1.165) is 11.1 Å². The number of nitrogens with one attached hydrogen (secondary N) is 3. The number of hydrogen-bond acceptors (Lipinski definition) is 15. The van der Waals surface area contributed by atoms with Gasteiger partial charge in [-0.15, -0.1) is 16.9 Å². The number of β-lactam (4-membered cyclic amide) rings is 1. The number of nitrogens with two attached hydrogens (primary N) is 2. The van der Waals surface area contributed by atoms with E-state index >= 15 is 0 Å². The highest BCUT2D eigenvalue weighted by Crippen LogP contribution is 2.42. The third-order valence-electron chi connectivity index (χ3n) is 7.55. The lowest BCUT2D eigenvalue weighted by molar-refractivity contribution is -0.150. The van der Waals surface area contributed by atoms with Crippen molar-refractivity contribution in [2.45, 2.75) is 27.5 Å². The van der Waals surface area contributed by atoms with E-state index in [0.29, 0.717) is 21.3 Å². The Bertz CT molecular complexity index is 2220. The molecule has 4 aromatic rings. The molecule has 0 bridgehead atoms. The fourth-order valence-corrected chi connectivity index (χ4v) is 8.07. The van der Waals surface area contributed by atoms with Gasteiger partial charge in [0.1, 0.15) is 28.6 Å². The van der Waals surface area contributed by atoms with Crippen LogP contribution in [0.2, 0.25) is 0 Å². The quantitative estimate of drug-likeness (QED) is 0.0779. The number of carboxylic acids is 1. The van der Waals surface area contributed by atoms with Gasteiger partial charge >= 0.3 is 12.0 Å². The number of H-pyrrole nitrogens is 1. The summed E-state index contributed by atoms with van der Waals surface area (Å²) in [5.41, 5.74) is 4.88. The molecule has 6 rings (SSSR count). The zero-order valence-electron chi connectivity index (χ0n) is 26.0. The van der Waals surface area contributed by atoms with Crippen molar-refractivity contribution in [2.24, 2.45) is 17.9 Å². The number of primary amides is 1. The van der Waals surface area contributed by atoms with Gasteiger partial charge in [-0.3, -0.25) is 29.2 Å². The minimum atomic E-state index is -3.94. The smallest absolute Gasteiger partial charge is 0.352 e. The van der Waals surface area contributed by atoms with E-state index < -0.39 is 62.5 Å². The van der Waals surface area contributed by atoms with E-state index in [2.05, 4.69) is 36.1 Å². The first-order valence-electron chi connectivity index (χ1n) is 14.4.